The molecule has 0 aliphatic heterocycles. The van der Waals surface area contributed by atoms with Crippen LogP contribution < -0.4 is 0 Å². The molecule has 0 aliphatic carbocycles. The zero-order valence-electron chi connectivity index (χ0n) is 13.8. The molecule has 128 valence electrons. The van der Waals surface area contributed by atoms with Gasteiger partial charge in [0, 0.05) is 18.4 Å². The molecule has 2 atom stereocenters. The van der Waals surface area contributed by atoms with Gasteiger partial charge in [0.1, 0.15) is 5.44 Å². The highest BCUT2D eigenvalue weighted by molar-refractivity contribution is 7.99. The van der Waals surface area contributed by atoms with Crippen LogP contribution in [0.3, 0.4) is 0 Å². The standard InChI is InChI=1S/C19H22O3S2/c1-3-10-18(24(20,21)17-13-8-5-9-14-17)15-19(22-2)23-16-11-6-4-7-12-16/h3-14,18-19H,15H2,1-2H3/b10-3+. The van der Waals surface area contributed by atoms with E-state index >= 15 is 0 Å². The summed E-state index contributed by atoms with van der Waals surface area (Å²) in [7, 11) is -1.83. The van der Waals surface area contributed by atoms with Crippen LogP contribution in [0.1, 0.15) is 13.3 Å². The number of rotatable bonds is 8. The number of methoxy groups -OCH3 is 1. The van der Waals surface area contributed by atoms with Gasteiger partial charge < -0.3 is 4.74 Å². The van der Waals surface area contributed by atoms with E-state index in [4.69, 9.17) is 4.74 Å². The summed E-state index contributed by atoms with van der Waals surface area (Å²) in [6, 6.07) is 18.4. The van der Waals surface area contributed by atoms with Crippen LogP contribution in [0.15, 0.2) is 82.6 Å². The van der Waals surface area contributed by atoms with Crippen molar-refractivity contribution in [1.29, 1.82) is 0 Å². The first-order valence-corrected chi connectivity index (χ1v) is 10.2. The minimum atomic E-state index is -3.44. The lowest BCUT2D eigenvalue weighted by Crippen LogP contribution is -2.24. The Morgan fingerprint density at radius 1 is 1.04 bits per heavy atom. The third-order valence-corrected chi connectivity index (χ3v) is 6.84. The van der Waals surface area contributed by atoms with E-state index in [1.54, 1.807) is 43.5 Å². The largest absolute Gasteiger partial charge is 0.370 e. The van der Waals surface area contributed by atoms with Crippen molar-refractivity contribution in [3.05, 3.63) is 72.8 Å². The third-order valence-electron chi connectivity index (χ3n) is 3.58. The smallest absolute Gasteiger partial charge is 0.184 e. The molecule has 2 unspecified atom stereocenters. The van der Waals surface area contributed by atoms with Gasteiger partial charge in [0.05, 0.1) is 10.1 Å². The van der Waals surface area contributed by atoms with Crippen LogP contribution in [0.2, 0.25) is 0 Å². The molecule has 0 bridgehead atoms. The minimum Gasteiger partial charge on any atom is -0.370 e. The van der Waals surface area contributed by atoms with Crippen molar-refractivity contribution in [2.75, 3.05) is 7.11 Å². The Kier molecular flexibility index (Phi) is 7.09. The van der Waals surface area contributed by atoms with Gasteiger partial charge in [-0.2, -0.15) is 0 Å². The van der Waals surface area contributed by atoms with Gasteiger partial charge in [-0.1, -0.05) is 60.3 Å². The van der Waals surface area contributed by atoms with E-state index in [0.29, 0.717) is 11.3 Å². The predicted octanol–water partition coefficient (Wildman–Crippen LogP) is 4.56. The number of allylic oxidation sites excluding steroid dienone is 1. The maximum absolute atomic E-state index is 12.9. The molecule has 0 radical (unpaired) electrons. The average molecular weight is 363 g/mol. The SMILES string of the molecule is C/C=C/C(CC(OC)Sc1ccccc1)S(=O)(=O)c1ccccc1. The van der Waals surface area contributed by atoms with Gasteiger partial charge in [0.15, 0.2) is 9.84 Å². The van der Waals surface area contributed by atoms with Crippen molar-refractivity contribution in [1.82, 2.24) is 0 Å². The van der Waals surface area contributed by atoms with E-state index < -0.39 is 15.1 Å². The van der Waals surface area contributed by atoms with Crippen LogP contribution in [0.25, 0.3) is 0 Å². The maximum atomic E-state index is 12.9. The summed E-state index contributed by atoms with van der Waals surface area (Å²) in [5.74, 6) is 0. The number of hydrogen-bond donors (Lipinski definition) is 0. The van der Waals surface area contributed by atoms with Gasteiger partial charge in [0.25, 0.3) is 0 Å². The van der Waals surface area contributed by atoms with E-state index in [1.807, 2.05) is 43.3 Å². The highest BCUT2D eigenvalue weighted by Gasteiger charge is 2.28. The summed E-state index contributed by atoms with van der Waals surface area (Å²) in [5.41, 5.74) is -0.243. The molecule has 2 aromatic rings. The van der Waals surface area contributed by atoms with Gasteiger partial charge in [-0.25, -0.2) is 8.42 Å². The Morgan fingerprint density at radius 3 is 2.17 bits per heavy atom. The Balaban J connectivity index is 2.20. The summed E-state index contributed by atoms with van der Waals surface area (Å²) in [4.78, 5) is 1.40. The number of thioether (sulfide) groups is 1. The van der Waals surface area contributed by atoms with Crippen molar-refractivity contribution in [3.8, 4) is 0 Å². The third kappa shape index (κ3) is 4.97. The molecule has 24 heavy (non-hydrogen) atoms. The Bertz CT molecular complexity index is 741. The highest BCUT2D eigenvalue weighted by Crippen LogP contribution is 2.30. The first-order valence-electron chi connectivity index (χ1n) is 7.74. The first-order chi connectivity index (χ1) is 11.6. The van der Waals surface area contributed by atoms with Gasteiger partial charge >= 0.3 is 0 Å². The predicted molar refractivity (Wildman–Crippen MR) is 99.9 cm³/mol. The molecule has 2 rings (SSSR count). The molecule has 0 aromatic heterocycles. The van der Waals surface area contributed by atoms with E-state index in [0.717, 1.165) is 4.90 Å². The normalized spacial score (nSPS) is 14.6. The van der Waals surface area contributed by atoms with E-state index in [2.05, 4.69) is 0 Å². The topological polar surface area (TPSA) is 43.4 Å². The Hall–Kier alpha value is -1.56. The Morgan fingerprint density at radius 2 is 1.62 bits per heavy atom. The maximum Gasteiger partial charge on any atom is 0.184 e. The summed E-state index contributed by atoms with van der Waals surface area (Å²) >= 11 is 1.53. The summed E-state index contributed by atoms with van der Waals surface area (Å²) in [6.45, 7) is 1.83. The number of benzene rings is 2. The van der Waals surface area contributed by atoms with Crippen LogP contribution >= 0.6 is 11.8 Å². The van der Waals surface area contributed by atoms with E-state index in [-0.39, 0.29) is 5.44 Å². The first kappa shape index (κ1) is 18.8. The lowest BCUT2D eigenvalue weighted by molar-refractivity contribution is 0.167. The van der Waals surface area contributed by atoms with Crippen LogP contribution in [-0.2, 0) is 14.6 Å². The highest BCUT2D eigenvalue weighted by atomic mass is 32.2. The zero-order valence-corrected chi connectivity index (χ0v) is 15.5. The zero-order chi connectivity index (χ0) is 17.4. The summed E-state index contributed by atoms with van der Waals surface area (Å²) in [6.07, 6.45) is 3.91. The van der Waals surface area contributed by atoms with Crippen molar-refractivity contribution in [2.45, 2.75) is 33.8 Å². The molecular weight excluding hydrogens is 340 g/mol. The molecule has 2 aromatic carbocycles. The number of ether oxygens (including phenoxy) is 1. The molecule has 0 heterocycles. The van der Waals surface area contributed by atoms with Crippen LogP contribution in [0.5, 0.6) is 0 Å². The van der Waals surface area contributed by atoms with Crippen molar-refractivity contribution in [3.63, 3.8) is 0 Å². The monoisotopic (exact) mass is 362 g/mol. The lowest BCUT2D eigenvalue weighted by Gasteiger charge is -2.20. The second-order valence-corrected chi connectivity index (χ2v) is 8.65. The summed E-state index contributed by atoms with van der Waals surface area (Å²) < 4.78 is 31.3. The van der Waals surface area contributed by atoms with E-state index in [1.165, 1.54) is 11.8 Å². The minimum absolute atomic E-state index is 0.243. The molecule has 0 N–H and O–H groups in total. The molecule has 0 spiro atoms. The second kappa shape index (κ2) is 9.06. The van der Waals surface area contributed by atoms with Gasteiger partial charge in [0.2, 0.25) is 0 Å². The van der Waals surface area contributed by atoms with Crippen molar-refractivity contribution < 1.29 is 13.2 Å². The fraction of sp³-hybridized carbons (Fsp3) is 0.263. The fourth-order valence-electron chi connectivity index (χ4n) is 2.34. The van der Waals surface area contributed by atoms with Gasteiger partial charge in [-0.3, -0.25) is 0 Å². The quantitative estimate of drug-likeness (QED) is 0.392. The van der Waals surface area contributed by atoms with Crippen LogP contribution in [0.4, 0.5) is 0 Å². The van der Waals surface area contributed by atoms with Crippen LogP contribution in [0, 0.1) is 0 Å². The number of sulfone groups is 1. The molecule has 0 aliphatic rings. The van der Waals surface area contributed by atoms with Gasteiger partial charge in [-0.05, 0) is 31.2 Å². The lowest BCUT2D eigenvalue weighted by atomic mass is 10.3. The van der Waals surface area contributed by atoms with E-state index in [9.17, 15) is 8.42 Å². The molecule has 0 saturated heterocycles. The van der Waals surface area contributed by atoms with Gasteiger partial charge in [-0.15, -0.1) is 0 Å². The number of hydrogen-bond acceptors (Lipinski definition) is 4. The van der Waals surface area contributed by atoms with Crippen molar-refractivity contribution >= 4 is 21.6 Å². The average Bonchev–Trinajstić information content (AvgIpc) is 2.62. The molecule has 5 heteroatoms. The molecule has 3 nitrogen and oxygen atoms in total. The summed E-state index contributed by atoms with van der Waals surface area (Å²) in [5, 5.41) is -0.619. The molecular formula is C19H22O3S2. The molecule has 0 amide bonds. The van der Waals surface area contributed by atoms with Crippen LogP contribution in [-0.4, -0.2) is 26.2 Å². The molecule has 0 saturated carbocycles. The van der Waals surface area contributed by atoms with Crippen molar-refractivity contribution in [2.24, 2.45) is 0 Å². The fourth-order valence-corrected chi connectivity index (χ4v) is 5.16. The second-order valence-electron chi connectivity index (χ2n) is 5.25. The molecule has 0 fully saturated rings. The Labute approximate surface area is 148 Å².